The molecule has 0 saturated carbocycles. The standard InChI is InChI=1S/C15H18N2O2/c18-9-3-6-15(19)17-8-7-14-12(10-17)11-4-1-2-5-13(11)16-14/h1-2,4-5,16,18H,3,6-10H2. The van der Waals surface area contributed by atoms with Crippen molar-refractivity contribution in [2.75, 3.05) is 13.2 Å². The van der Waals surface area contributed by atoms with Crippen molar-refractivity contribution >= 4 is 16.8 Å². The summed E-state index contributed by atoms with van der Waals surface area (Å²) in [4.78, 5) is 17.4. The number of hydrogen-bond donors (Lipinski definition) is 2. The zero-order chi connectivity index (χ0) is 13.2. The largest absolute Gasteiger partial charge is 0.396 e. The predicted octanol–water partition coefficient (Wildman–Crippen LogP) is 1.83. The average molecular weight is 258 g/mol. The fourth-order valence-electron chi connectivity index (χ4n) is 2.77. The summed E-state index contributed by atoms with van der Waals surface area (Å²) in [6.45, 7) is 1.53. The van der Waals surface area contributed by atoms with E-state index in [1.54, 1.807) is 0 Å². The number of para-hydroxylation sites is 1. The van der Waals surface area contributed by atoms with E-state index in [1.165, 1.54) is 16.6 Å². The summed E-state index contributed by atoms with van der Waals surface area (Å²) in [6.07, 6.45) is 1.87. The van der Waals surface area contributed by atoms with E-state index >= 15 is 0 Å². The Bertz CT molecular complexity index is 603. The van der Waals surface area contributed by atoms with E-state index in [0.29, 0.717) is 19.4 Å². The summed E-state index contributed by atoms with van der Waals surface area (Å²) in [5.41, 5.74) is 3.66. The molecule has 0 aliphatic carbocycles. The molecule has 1 aromatic heterocycles. The summed E-state index contributed by atoms with van der Waals surface area (Å²) in [5, 5.41) is 10.0. The highest BCUT2D eigenvalue weighted by atomic mass is 16.3. The molecule has 19 heavy (non-hydrogen) atoms. The smallest absolute Gasteiger partial charge is 0.222 e. The molecule has 0 unspecified atom stereocenters. The number of aromatic amines is 1. The Hall–Kier alpha value is -1.81. The molecule has 0 radical (unpaired) electrons. The maximum atomic E-state index is 12.0. The van der Waals surface area contributed by atoms with Gasteiger partial charge in [-0.05, 0) is 12.5 Å². The molecule has 3 rings (SSSR count). The first-order valence-corrected chi connectivity index (χ1v) is 6.76. The van der Waals surface area contributed by atoms with Crippen LogP contribution in [0.2, 0.25) is 0 Å². The molecule has 2 aromatic rings. The molecule has 4 heteroatoms. The minimum atomic E-state index is 0.0813. The SMILES string of the molecule is O=C(CCCO)N1CCc2[nH]c3ccccc3c2C1. The maximum absolute atomic E-state index is 12.0. The highest BCUT2D eigenvalue weighted by molar-refractivity contribution is 5.86. The third kappa shape index (κ3) is 2.24. The van der Waals surface area contributed by atoms with Crippen LogP contribution in [0.5, 0.6) is 0 Å². The summed E-state index contributed by atoms with van der Waals surface area (Å²) >= 11 is 0. The van der Waals surface area contributed by atoms with Crippen LogP contribution in [-0.4, -0.2) is 34.0 Å². The molecule has 0 fully saturated rings. The Morgan fingerprint density at radius 3 is 3.05 bits per heavy atom. The van der Waals surface area contributed by atoms with Crippen molar-refractivity contribution in [1.29, 1.82) is 0 Å². The van der Waals surface area contributed by atoms with E-state index in [0.717, 1.165) is 18.5 Å². The van der Waals surface area contributed by atoms with Crippen molar-refractivity contribution in [2.45, 2.75) is 25.8 Å². The lowest BCUT2D eigenvalue weighted by Crippen LogP contribution is -2.35. The molecule has 0 spiro atoms. The lowest BCUT2D eigenvalue weighted by molar-refractivity contribution is -0.132. The van der Waals surface area contributed by atoms with E-state index in [4.69, 9.17) is 5.11 Å². The quantitative estimate of drug-likeness (QED) is 0.882. The van der Waals surface area contributed by atoms with Gasteiger partial charge in [-0.15, -0.1) is 0 Å². The first-order chi connectivity index (χ1) is 9.29. The van der Waals surface area contributed by atoms with Gasteiger partial charge in [0.15, 0.2) is 0 Å². The molecule has 1 aliphatic rings. The molecule has 0 saturated heterocycles. The van der Waals surface area contributed by atoms with Gasteiger partial charge in [-0.3, -0.25) is 4.79 Å². The Kier molecular flexibility index (Phi) is 3.25. The topological polar surface area (TPSA) is 56.3 Å². The first kappa shape index (κ1) is 12.2. The Balaban J connectivity index is 1.84. The molecule has 100 valence electrons. The highest BCUT2D eigenvalue weighted by Gasteiger charge is 2.23. The van der Waals surface area contributed by atoms with Crippen LogP contribution in [0.1, 0.15) is 24.1 Å². The Labute approximate surface area is 112 Å². The van der Waals surface area contributed by atoms with Crippen molar-refractivity contribution < 1.29 is 9.90 Å². The van der Waals surface area contributed by atoms with Crippen LogP contribution in [-0.2, 0) is 17.8 Å². The molecule has 2 N–H and O–H groups in total. The third-order valence-corrected chi connectivity index (χ3v) is 3.78. The van der Waals surface area contributed by atoms with Crippen molar-refractivity contribution in [3.8, 4) is 0 Å². The zero-order valence-corrected chi connectivity index (χ0v) is 10.9. The van der Waals surface area contributed by atoms with Gasteiger partial charge in [0.05, 0.1) is 0 Å². The van der Waals surface area contributed by atoms with Gasteiger partial charge >= 0.3 is 0 Å². The van der Waals surface area contributed by atoms with E-state index in [2.05, 4.69) is 17.1 Å². The predicted molar refractivity (Wildman–Crippen MR) is 73.7 cm³/mol. The van der Waals surface area contributed by atoms with Gasteiger partial charge in [0, 0.05) is 54.7 Å². The lowest BCUT2D eigenvalue weighted by atomic mass is 10.0. The molecule has 1 aromatic carbocycles. The van der Waals surface area contributed by atoms with Crippen LogP contribution < -0.4 is 0 Å². The van der Waals surface area contributed by atoms with Gasteiger partial charge in [0.25, 0.3) is 0 Å². The Morgan fingerprint density at radius 2 is 2.21 bits per heavy atom. The monoisotopic (exact) mass is 258 g/mol. The molecule has 1 amide bonds. The van der Waals surface area contributed by atoms with Crippen molar-refractivity contribution in [2.24, 2.45) is 0 Å². The summed E-state index contributed by atoms with van der Waals surface area (Å²) in [7, 11) is 0. The van der Waals surface area contributed by atoms with Crippen molar-refractivity contribution in [1.82, 2.24) is 9.88 Å². The number of aliphatic hydroxyl groups is 1. The van der Waals surface area contributed by atoms with Crippen LogP contribution in [0.25, 0.3) is 10.9 Å². The lowest BCUT2D eigenvalue weighted by Gasteiger charge is -2.27. The van der Waals surface area contributed by atoms with Crippen LogP contribution >= 0.6 is 0 Å². The minimum absolute atomic E-state index is 0.0813. The van der Waals surface area contributed by atoms with Crippen LogP contribution in [0.4, 0.5) is 0 Å². The van der Waals surface area contributed by atoms with Crippen molar-refractivity contribution in [3.05, 3.63) is 35.5 Å². The van der Waals surface area contributed by atoms with Gasteiger partial charge in [0.1, 0.15) is 0 Å². The highest BCUT2D eigenvalue weighted by Crippen LogP contribution is 2.27. The molecule has 0 atom stereocenters. The zero-order valence-electron chi connectivity index (χ0n) is 10.9. The van der Waals surface area contributed by atoms with Gasteiger partial charge in [-0.2, -0.15) is 0 Å². The van der Waals surface area contributed by atoms with Crippen molar-refractivity contribution in [3.63, 3.8) is 0 Å². The molecular formula is C15H18N2O2. The van der Waals surface area contributed by atoms with Gasteiger partial charge in [0.2, 0.25) is 5.91 Å². The van der Waals surface area contributed by atoms with Crippen LogP contribution in [0, 0.1) is 0 Å². The fourth-order valence-corrected chi connectivity index (χ4v) is 2.77. The van der Waals surface area contributed by atoms with Crippen LogP contribution in [0.15, 0.2) is 24.3 Å². The number of carbonyl (C=O) groups excluding carboxylic acids is 1. The number of amides is 1. The van der Waals surface area contributed by atoms with Gasteiger partial charge in [-0.25, -0.2) is 0 Å². The number of carbonyl (C=O) groups is 1. The molecule has 2 heterocycles. The number of nitrogens with zero attached hydrogens (tertiary/aromatic N) is 1. The van der Waals surface area contributed by atoms with Gasteiger partial charge in [-0.1, -0.05) is 18.2 Å². The number of nitrogens with one attached hydrogen (secondary N) is 1. The minimum Gasteiger partial charge on any atom is -0.396 e. The maximum Gasteiger partial charge on any atom is 0.222 e. The average Bonchev–Trinajstić information content (AvgIpc) is 2.82. The molecule has 0 bridgehead atoms. The number of benzene rings is 1. The fraction of sp³-hybridized carbons (Fsp3) is 0.400. The number of H-pyrrole nitrogens is 1. The number of rotatable bonds is 3. The first-order valence-electron chi connectivity index (χ1n) is 6.76. The van der Waals surface area contributed by atoms with E-state index < -0.39 is 0 Å². The van der Waals surface area contributed by atoms with E-state index in [-0.39, 0.29) is 12.5 Å². The summed E-state index contributed by atoms with van der Waals surface area (Å²) in [6, 6.07) is 8.23. The second-order valence-electron chi connectivity index (χ2n) is 5.02. The molecular weight excluding hydrogens is 240 g/mol. The number of hydrogen-bond acceptors (Lipinski definition) is 2. The summed E-state index contributed by atoms with van der Waals surface area (Å²) < 4.78 is 0. The van der Waals surface area contributed by atoms with Gasteiger partial charge < -0.3 is 15.0 Å². The second-order valence-corrected chi connectivity index (χ2v) is 5.02. The normalized spacial score (nSPS) is 14.7. The Morgan fingerprint density at radius 1 is 1.37 bits per heavy atom. The third-order valence-electron chi connectivity index (χ3n) is 3.78. The molecule has 1 aliphatic heterocycles. The second kappa shape index (κ2) is 5.05. The molecule has 4 nitrogen and oxygen atoms in total. The number of aliphatic hydroxyl groups excluding tert-OH is 1. The number of fused-ring (bicyclic) bond motifs is 3. The van der Waals surface area contributed by atoms with Crippen LogP contribution in [0.3, 0.4) is 0 Å². The van der Waals surface area contributed by atoms with E-state index in [9.17, 15) is 4.79 Å². The van der Waals surface area contributed by atoms with E-state index in [1.807, 2.05) is 17.0 Å². The summed E-state index contributed by atoms with van der Waals surface area (Å²) in [5.74, 6) is 0.144. The number of aromatic nitrogens is 1.